The molecule has 0 aromatic heterocycles. The molecular weight excluding hydrogens is 212 g/mol. The number of rotatable bonds is 0. The Hall–Kier alpha value is -0.0800. The molecule has 17 heavy (non-hydrogen) atoms. The maximum Gasteiger partial charge on any atom is 0.0673 e. The first-order valence-electron chi connectivity index (χ1n) is 7.50. The van der Waals surface area contributed by atoms with Gasteiger partial charge in [0.2, 0.25) is 0 Å². The van der Waals surface area contributed by atoms with E-state index in [4.69, 9.17) is 4.74 Å². The van der Waals surface area contributed by atoms with Crippen molar-refractivity contribution in [3.05, 3.63) is 0 Å². The Morgan fingerprint density at radius 3 is 2.35 bits per heavy atom. The molecule has 2 fully saturated rings. The van der Waals surface area contributed by atoms with E-state index in [0.717, 1.165) is 19.6 Å². The van der Waals surface area contributed by atoms with Gasteiger partial charge in [-0.2, -0.15) is 0 Å². The van der Waals surface area contributed by atoms with E-state index in [0.29, 0.717) is 11.8 Å². The van der Waals surface area contributed by atoms with Gasteiger partial charge in [-0.15, -0.1) is 0 Å². The summed E-state index contributed by atoms with van der Waals surface area (Å²) in [5, 5.41) is 10.6. The summed E-state index contributed by atoms with van der Waals surface area (Å²) in [4.78, 5) is 0. The van der Waals surface area contributed by atoms with E-state index in [1.54, 1.807) is 0 Å². The summed E-state index contributed by atoms with van der Waals surface area (Å²) in [6.45, 7) is 3.68. The number of hydrogen-bond acceptors (Lipinski definition) is 2. The van der Waals surface area contributed by atoms with E-state index < -0.39 is 5.60 Å². The van der Waals surface area contributed by atoms with E-state index in [2.05, 4.69) is 0 Å². The summed E-state index contributed by atoms with van der Waals surface area (Å²) in [6.07, 6.45) is 11.5. The Balaban J connectivity index is 1.96. The quantitative estimate of drug-likeness (QED) is 0.702. The second-order valence-corrected chi connectivity index (χ2v) is 6.27. The highest BCUT2D eigenvalue weighted by molar-refractivity contribution is 4.90. The third-order valence-electron chi connectivity index (χ3n) is 4.76. The van der Waals surface area contributed by atoms with Crippen molar-refractivity contribution >= 4 is 0 Å². The summed E-state index contributed by atoms with van der Waals surface area (Å²) >= 11 is 0. The van der Waals surface area contributed by atoms with Crippen molar-refractivity contribution in [2.45, 2.75) is 70.3 Å². The first kappa shape index (κ1) is 13.4. The van der Waals surface area contributed by atoms with Crippen LogP contribution in [0.3, 0.4) is 0 Å². The number of aliphatic hydroxyl groups is 1. The predicted molar refractivity (Wildman–Crippen MR) is 70.0 cm³/mol. The summed E-state index contributed by atoms with van der Waals surface area (Å²) in [6, 6.07) is 0. The molecule has 2 nitrogen and oxygen atoms in total. The topological polar surface area (TPSA) is 29.5 Å². The predicted octanol–water partition coefficient (Wildman–Crippen LogP) is 3.52. The minimum Gasteiger partial charge on any atom is -0.390 e. The van der Waals surface area contributed by atoms with E-state index in [1.165, 1.54) is 51.4 Å². The highest BCUT2D eigenvalue weighted by atomic mass is 16.5. The molecule has 1 N–H and O–H groups in total. The van der Waals surface area contributed by atoms with Gasteiger partial charge >= 0.3 is 0 Å². The van der Waals surface area contributed by atoms with Gasteiger partial charge < -0.3 is 9.84 Å². The Morgan fingerprint density at radius 2 is 1.59 bits per heavy atom. The summed E-state index contributed by atoms with van der Waals surface area (Å²) in [7, 11) is 0. The first-order valence-corrected chi connectivity index (χ1v) is 7.50. The van der Waals surface area contributed by atoms with Gasteiger partial charge in [0.15, 0.2) is 0 Å². The van der Waals surface area contributed by atoms with Crippen LogP contribution in [0.4, 0.5) is 0 Å². The van der Waals surface area contributed by atoms with Crippen LogP contribution in [0.1, 0.15) is 64.7 Å². The molecule has 1 aliphatic carbocycles. The molecule has 3 atom stereocenters. The van der Waals surface area contributed by atoms with Crippen molar-refractivity contribution in [3.63, 3.8) is 0 Å². The second kappa shape index (κ2) is 6.19. The third kappa shape index (κ3) is 3.69. The molecule has 2 heteroatoms. The van der Waals surface area contributed by atoms with Crippen LogP contribution in [-0.2, 0) is 4.74 Å². The van der Waals surface area contributed by atoms with Gasteiger partial charge in [-0.05, 0) is 25.7 Å². The molecule has 100 valence electrons. The van der Waals surface area contributed by atoms with E-state index in [1.807, 2.05) is 6.92 Å². The third-order valence-corrected chi connectivity index (χ3v) is 4.76. The van der Waals surface area contributed by atoms with Crippen LogP contribution < -0.4 is 0 Å². The average molecular weight is 240 g/mol. The lowest BCUT2D eigenvalue weighted by atomic mass is 9.76. The van der Waals surface area contributed by atoms with Crippen LogP contribution in [0.25, 0.3) is 0 Å². The Kier molecular flexibility index (Phi) is 4.87. The van der Waals surface area contributed by atoms with Crippen molar-refractivity contribution in [2.75, 3.05) is 13.2 Å². The molecule has 0 radical (unpaired) electrons. The number of hydrogen-bond donors (Lipinski definition) is 1. The van der Waals surface area contributed by atoms with Crippen LogP contribution in [-0.4, -0.2) is 23.9 Å². The van der Waals surface area contributed by atoms with E-state index in [-0.39, 0.29) is 0 Å². The summed E-state index contributed by atoms with van der Waals surface area (Å²) in [5.41, 5.74) is -0.500. The monoisotopic (exact) mass is 240 g/mol. The maximum atomic E-state index is 10.6. The molecule has 3 unspecified atom stereocenters. The highest BCUT2D eigenvalue weighted by Crippen LogP contribution is 2.37. The van der Waals surface area contributed by atoms with Crippen LogP contribution >= 0.6 is 0 Å². The highest BCUT2D eigenvalue weighted by Gasteiger charge is 2.40. The zero-order valence-electron chi connectivity index (χ0n) is 11.3. The standard InChI is InChI=1S/C15H28O2/c1-15(16)10-8-6-4-2-3-5-7-9-13-11-17-12-14(13)15/h13-14,16H,2-12H2,1H3. The smallest absolute Gasteiger partial charge is 0.0673 e. The lowest BCUT2D eigenvalue weighted by Crippen LogP contribution is -2.39. The fraction of sp³-hybridized carbons (Fsp3) is 1.00. The normalized spacial score (nSPS) is 41.3. The van der Waals surface area contributed by atoms with Crippen LogP contribution in [0.2, 0.25) is 0 Å². The van der Waals surface area contributed by atoms with Crippen LogP contribution in [0, 0.1) is 11.8 Å². The number of ether oxygens (including phenoxy) is 1. The molecule has 0 bridgehead atoms. The number of fused-ring (bicyclic) bond motifs is 1. The Morgan fingerprint density at radius 1 is 0.941 bits per heavy atom. The van der Waals surface area contributed by atoms with Crippen molar-refractivity contribution in [3.8, 4) is 0 Å². The lowest BCUT2D eigenvalue weighted by molar-refractivity contribution is -0.0278. The summed E-state index contributed by atoms with van der Waals surface area (Å²) in [5.74, 6) is 0.978. The van der Waals surface area contributed by atoms with Crippen molar-refractivity contribution in [2.24, 2.45) is 11.8 Å². The van der Waals surface area contributed by atoms with Gasteiger partial charge in [0.1, 0.15) is 0 Å². The van der Waals surface area contributed by atoms with Gasteiger partial charge in [-0.25, -0.2) is 0 Å². The zero-order valence-corrected chi connectivity index (χ0v) is 11.3. The minimum absolute atomic E-state index is 0.377. The van der Waals surface area contributed by atoms with Crippen molar-refractivity contribution < 1.29 is 9.84 Å². The average Bonchev–Trinajstić information content (AvgIpc) is 2.74. The first-order chi connectivity index (χ1) is 8.20. The Labute approximate surface area is 106 Å². The van der Waals surface area contributed by atoms with Crippen molar-refractivity contribution in [1.82, 2.24) is 0 Å². The molecule has 0 amide bonds. The molecule has 2 aliphatic rings. The molecule has 1 saturated carbocycles. The fourth-order valence-corrected chi connectivity index (χ4v) is 3.53. The van der Waals surface area contributed by atoms with Gasteiger partial charge in [0.25, 0.3) is 0 Å². The molecule has 1 aliphatic heterocycles. The van der Waals surface area contributed by atoms with Crippen molar-refractivity contribution in [1.29, 1.82) is 0 Å². The van der Waals surface area contributed by atoms with Gasteiger partial charge in [0.05, 0.1) is 12.2 Å². The summed E-state index contributed by atoms with van der Waals surface area (Å²) < 4.78 is 5.62. The largest absolute Gasteiger partial charge is 0.390 e. The Bertz CT molecular complexity index is 225. The fourth-order valence-electron chi connectivity index (χ4n) is 3.53. The minimum atomic E-state index is -0.500. The molecule has 1 heterocycles. The maximum absolute atomic E-state index is 10.6. The van der Waals surface area contributed by atoms with Gasteiger partial charge in [0, 0.05) is 12.5 Å². The second-order valence-electron chi connectivity index (χ2n) is 6.27. The van der Waals surface area contributed by atoms with E-state index >= 15 is 0 Å². The molecule has 2 rings (SSSR count). The zero-order chi connectivity index (χ0) is 12.1. The van der Waals surface area contributed by atoms with E-state index in [9.17, 15) is 5.11 Å². The van der Waals surface area contributed by atoms with Crippen LogP contribution in [0.15, 0.2) is 0 Å². The molecule has 0 aromatic carbocycles. The van der Waals surface area contributed by atoms with Gasteiger partial charge in [-0.3, -0.25) is 0 Å². The molecular formula is C15H28O2. The molecule has 0 aromatic rings. The SMILES string of the molecule is CC1(O)CCCCCCCCCC2COCC21. The molecule has 1 saturated heterocycles. The van der Waals surface area contributed by atoms with Crippen LogP contribution in [0.5, 0.6) is 0 Å². The molecule has 0 spiro atoms. The van der Waals surface area contributed by atoms with Gasteiger partial charge in [-0.1, -0.05) is 44.9 Å². The lowest BCUT2D eigenvalue weighted by Gasteiger charge is -2.33.